The summed E-state index contributed by atoms with van der Waals surface area (Å²) in [5, 5.41) is 3.45. The fourth-order valence-electron chi connectivity index (χ4n) is 3.23. The first kappa shape index (κ1) is 18.4. The van der Waals surface area contributed by atoms with Crippen molar-refractivity contribution in [1.29, 1.82) is 0 Å². The summed E-state index contributed by atoms with van der Waals surface area (Å²) in [5.41, 5.74) is 1.31. The van der Waals surface area contributed by atoms with Gasteiger partial charge in [0, 0.05) is 49.5 Å². The molecule has 1 aromatic carbocycles. The van der Waals surface area contributed by atoms with E-state index < -0.39 is 0 Å². The lowest BCUT2D eigenvalue weighted by molar-refractivity contribution is -0.130. The Morgan fingerprint density at radius 1 is 1.39 bits per heavy atom. The number of halogens is 1. The van der Waals surface area contributed by atoms with Crippen molar-refractivity contribution in [2.45, 2.75) is 24.8 Å². The fourth-order valence-corrected chi connectivity index (χ4v) is 4.17. The third-order valence-corrected chi connectivity index (χ3v) is 5.68. The van der Waals surface area contributed by atoms with E-state index in [0.717, 1.165) is 43.3 Å². The van der Waals surface area contributed by atoms with Crippen LogP contribution in [0.5, 0.6) is 5.75 Å². The number of carbonyl (C=O) groups excluding carboxylic acids is 1. The second-order valence-electron chi connectivity index (χ2n) is 6.03. The maximum atomic E-state index is 12.4. The second kappa shape index (κ2) is 8.81. The minimum atomic E-state index is 0. The Kier molecular flexibility index (Phi) is 7.06. The van der Waals surface area contributed by atoms with Crippen LogP contribution >= 0.6 is 24.2 Å². The normalized spacial score (nSPS) is 24.1. The number of methoxy groups -OCH3 is 1. The van der Waals surface area contributed by atoms with Gasteiger partial charge in [0.25, 0.3) is 0 Å². The third-order valence-electron chi connectivity index (χ3n) is 4.55. The smallest absolute Gasteiger partial charge is 0.224 e. The van der Waals surface area contributed by atoms with Crippen LogP contribution in [0, 0.1) is 0 Å². The molecule has 4 nitrogen and oxygen atoms in total. The molecule has 128 valence electrons. The van der Waals surface area contributed by atoms with E-state index in [4.69, 9.17) is 4.74 Å². The van der Waals surface area contributed by atoms with Crippen molar-refractivity contribution in [3.8, 4) is 5.75 Å². The first-order chi connectivity index (χ1) is 10.8. The van der Waals surface area contributed by atoms with Crippen LogP contribution in [-0.2, 0) is 4.79 Å². The summed E-state index contributed by atoms with van der Waals surface area (Å²) >= 11 is 1.94. The molecule has 0 bridgehead atoms. The Labute approximate surface area is 148 Å². The summed E-state index contributed by atoms with van der Waals surface area (Å²) in [7, 11) is 1.68. The number of hydrogen-bond acceptors (Lipinski definition) is 4. The van der Waals surface area contributed by atoms with E-state index in [1.54, 1.807) is 7.11 Å². The van der Waals surface area contributed by atoms with Gasteiger partial charge >= 0.3 is 0 Å². The summed E-state index contributed by atoms with van der Waals surface area (Å²) < 4.78 is 5.20. The molecule has 23 heavy (non-hydrogen) atoms. The maximum absolute atomic E-state index is 12.4. The number of nitrogens with one attached hydrogen (secondary N) is 1. The molecule has 1 amide bonds. The highest BCUT2D eigenvalue weighted by atomic mass is 35.5. The van der Waals surface area contributed by atoms with Gasteiger partial charge in [-0.25, -0.2) is 0 Å². The molecule has 0 radical (unpaired) electrons. The molecule has 0 aliphatic carbocycles. The molecule has 6 heteroatoms. The van der Waals surface area contributed by atoms with Gasteiger partial charge in [-0.1, -0.05) is 12.1 Å². The van der Waals surface area contributed by atoms with Crippen molar-refractivity contribution in [2.75, 3.05) is 38.2 Å². The number of benzene rings is 1. The van der Waals surface area contributed by atoms with Crippen LogP contribution in [0.15, 0.2) is 24.3 Å². The van der Waals surface area contributed by atoms with Crippen LogP contribution in [-0.4, -0.2) is 55.1 Å². The van der Waals surface area contributed by atoms with Gasteiger partial charge in [-0.2, -0.15) is 11.8 Å². The van der Waals surface area contributed by atoms with Gasteiger partial charge in [-0.05, 0) is 24.1 Å². The van der Waals surface area contributed by atoms with Crippen molar-refractivity contribution in [3.63, 3.8) is 0 Å². The molecule has 3 rings (SSSR count). The zero-order valence-corrected chi connectivity index (χ0v) is 15.1. The summed E-state index contributed by atoms with van der Waals surface area (Å²) in [6.07, 6.45) is 1.70. The Bertz CT molecular complexity index is 506. The maximum Gasteiger partial charge on any atom is 0.224 e. The molecule has 1 aromatic rings. The fraction of sp³-hybridized carbons (Fsp3) is 0.588. The zero-order valence-electron chi connectivity index (χ0n) is 13.5. The molecule has 2 saturated heterocycles. The van der Waals surface area contributed by atoms with Gasteiger partial charge in [-0.15, -0.1) is 12.4 Å². The number of amides is 1. The molecule has 0 saturated carbocycles. The van der Waals surface area contributed by atoms with E-state index in [1.807, 2.05) is 28.8 Å². The van der Waals surface area contributed by atoms with Crippen LogP contribution in [0.25, 0.3) is 0 Å². The average Bonchev–Trinajstić information content (AvgIpc) is 3.06. The van der Waals surface area contributed by atoms with Crippen molar-refractivity contribution in [2.24, 2.45) is 0 Å². The Morgan fingerprint density at radius 3 is 2.83 bits per heavy atom. The standard InChI is InChI=1S/C17H24N2O2S.ClH/c1-21-16-4-2-13(3-5-16)14-6-8-19(11-14)17(20)10-15-12-22-9-7-18-15;/h2-5,14-15,18H,6-12H2,1H3;1H. The van der Waals surface area contributed by atoms with Gasteiger partial charge in [0.2, 0.25) is 5.91 Å². The van der Waals surface area contributed by atoms with Crippen molar-refractivity contribution in [3.05, 3.63) is 29.8 Å². The van der Waals surface area contributed by atoms with Crippen LogP contribution in [0.4, 0.5) is 0 Å². The molecule has 2 heterocycles. The molecule has 1 N–H and O–H groups in total. The second-order valence-corrected chi connectivity index (χ2v) is 7.18. The Hall–Kier alpha value is -0.910. The lowest BCUT2D eigenvalue weighted by Gasteiger charge is -2.25. The van der Waals surface area contributed by atoms with Crippen LogP contribution in [0.3, 0.4) is 0 Å². The van der Waals surface area contributed by atoms with Crippen molar-refractivity contribution >= 4 is 30.1 Å². The number of rotatable bonds is 4. The minimum absolute atomic E-state index is 0. The van der Waals surface area contributed by atoms with Gasteiger partial charge < -0.3 is 15.0 Å². The first-order valence-electron chi connectivity index (χ1n) is 7.99. The van der Waals surface area contributed by atoms with E-state index in [-0.39, 0.29) is 12.4 Å². The number of ether oxygens (including phenoxy) is 1. The number of carbonyl (C=O) groups is 1. The molecular formula is C17H25ClN2O2S. The van der Waals surface area contributed by atoms with E-state index in [1.165, 1.54) is 5.56 Å². The number of hydrogen-bond donors (Lipinski definition) is 1. The van der Waals surface area contributed by atoms with E-state index in [2.05, 4.69) is 17.4 Å². The van der Waals surface area contributed by atoms with Gasteiger partial charge in [0.1, 0.15) is 5.75 Å². The summed E-state index contributed by atoms with van der Waals surface area (Å²) in [5.74, 6) is 3.87. The van der Waals surface area contributed by atoms with Gasteiger partial charge in [0.05, 0.1) is 7.11 Å². The summed E-state index contributed by atoms with van der Waals surface area (Å²) in [6, 6.07) is 8.60. The Balaban J connectivity index is 0.00000192. The van der Waals surface area contributed by atoms with Gasteiger partial charge in [-0.3, -0.25) is 4.79 Å². The topological polar surface area (TPSA) is 41.6 Å². The zero-order chi connectivity index (χ0) is 15.4. The molecular weight excluding hydrogens is 332 g/mol. The lowest BCUT2D eigenvalue weighted by atomic mass is 9.98. The first-order valence-corrected chi connectivity index (χ1v) is 9.14. The average molecular weight is 357 g/mol. The number of nitrogens with zero attached hydrogens (tertiary/aromatic N) is 1. The molecule has 0 aromatic heterocycles. The highest BCUT2D eigenvalue weighted by Crippen LogP contribution is 2.29. The largest absolute Gasteiger partial charge is 0.497 e. The number of thioether (sulfide) groups is 1. The van der Waals surface area contributed by atoms with E-state index >= 15 is 0 Å². The van der Waals surface area contributed by atoms with E-state index in [9.17, 15) is 4.79 Å². The quantitative estimate of drug-likeness (QED) is 0.900. The van der Waals surface area contributed by atoms with E-state index in [0.29, 0.717) is 24.3 Å². The van der Waals surface area contributed by atoms with Crippen LogP contribution < -0.4 is 10.1 Å². The lowest BCUT2D eigenvalue weighted by Crippen LogP contribution is -2.42. The van der Waals surface area contributed by atoms with Gasteiger partial charge in [0.15, 0.2) is 0 Å². The molecule has 0 spiro atoms. The monoisotopic (exact) mass is 356 g/mol. The predicted molar refractivity (Wildman–Crippen MR) is 97.9 cm³/mol. The van der Waals surface area contributed by atoms with Crippen LogP contribution in [0.1, 0.15) is 24.3 Å². The van der Waals surface area contributed by atoms with Crippen molar-refractivity contribution in [1.82, 2.24) is 10.2 Å². The molecule has 2 aliphatic heterocycles. The predicted octanol–water partition coefficient (Wildman–Crippen LogP) is 2.53. The summed E-state index contributed by atoms with van der Waals surface area (Å²) in [4.78, 5) is 14.5. The highest BCUT2D eigenvalue weighted by Gasteiger charge is 2.28. The Morgan fingerprint density at radius 2 is 2.17 bits per heavy atom. The van der Waals surface area contributed by atoms with Crippen LogP contribution in [0.2, 0.25) is 0 Å². The molecule has 2 unspecified atom stereocenters. The van der Waals surface area contributed by atoms with Crippen molar-refractivity contribution < 1.29 is 9.53 Å². The molecule has 2 fully saturated rings. The molecule has 2 aliphatic rings. The third kappa shape index (κ3) is 4.78. The highest BCUT2D eigenvalue weighted by molar-refractivity contribution is 7.99. The number of likely N-dealkylation sites (tertiary alicyclic amines) is 1. The summed E-state index contributed by atoms with van der Waals surface area (Å²) in [6.45, 7) is 2.76. The minimum Gasteiger partial charge on any atom is -0.497 e. The molecule has 2 atom stereocenters. The SMILES string of the molecule is COc1ccc(C2CCN(C(=O)CC3CSCCN3)C2)cc1.Cl.